The van der Waals surface area contributed by atoms with Crippen LogP contribution in [0.4, 0.5) is 10.7 Å². The zero-order valence-electron chi connectivity index (χ0n) is 14.6. The third-order valence-corrected chi connectivity index (χ3v) is 4.15. The summed E-state index contributed by atoms with van der Waals surface area (Å²) in [6, 6.07) is 4.42. The molecule has 2 aromatic heterocycles. The minimum absolute atomic E-state index is 0.251. The van der Waals surface area contributed by atoms with E-state index in [1.54, 1.807) is 48.7 Å². The van der Waals surface area contributed by atoms with Gasteiger partial charge in [0, 0.05) is 38.6 Å². The highest BCUT2D eigenvalue weighted by Crippen LogP contribution is 2.09. The van der Waals surface area contributed by atoms with E-state index in [0.717, 1.165) is 0 Å². The Morgan fingerprint density at radius 3 is 2.58 bits per heavy atom. The zero-order valence-corrected chi connectivity index (χ0v) is 14.6. The fourth-order valence-corrected chi connectivity index (χ4v) is 2.65. The van der Waals surface area contributed by atoms with Gasteiger partial charge in [0.1, 0.15) is 11.8 Å². The van der Waals surface area contributed by atoms with Gasteiger partial charge >= 0.3 is 6.03 Å². The van der Waals surface area contributed by atoms with E-state index in [1.165, 1.54) is 0 Å². The fraction of sp³-hybridized carbons (Fsp3) is 0.412. The second-order valence-corrected chi connectivity index (χ2v) is 5.99. The van der Waals surface area contributed by atoms with Gasteiger partial charge in [0.25, 0.3) is 0 Å². The molecule has 1 aliphatic rings. The zero-order chi connectivity index (χ0) is 18.4. The summed E-state index contributed by atoms with van der Waals surface area (Å²) in [6.45, 7) is 4.34. The van der Waals surface area contributed by atoms with Crippen LogP contribution in [-0.4, -0.2) is 59.0 Å². The van der Waals surface area contributed by atoms with Gasteiger partial charge in [0.05, 0.1) is 12.8 Å². The van der Waals surface area contributed by atoms with Crippen molar-refractivity contribution in [3.63, 3.8) is 0 Å². The summed E-state index contributed by atoms with van der Waals surface area (Å²) in [6.07, 6.45) is 4.95. The number of aromatic nitrogens is 2. The lowest BCUT2D eigenvalue weighted by Crippen LogP contribution is -2.55. The highest BCUT2D eigenvalue weighted by atomic mass is 16.3. The number of carbonyl (C=O) groups excluding carboxylic acids is 2. The second-order valence-electron chi connectivity index (χ2n) is 5.99. The molecule has 3 amide bonds. The van der Waals surface area contributed by atoms with Gasteiger partial charge in [-0.15, -0.1) is 0 Å². The van der Waals surface area contributed by atoms with E-state index in [0.29, 0.717) is 44.4 Å². The maximum Gasteiger partial charge on any atom is 0.318 e. The van der Waals surface area contributed by atoms with Gasteiger partial charge in [-0.3, -0.25) is 4.79 Å². The second kappa shape index (κ2) is 8.32. The van der Waals surface area contributed by atoms with Crippen molar-refractivity contribution in [3.8, 4) is 0 Å². The molecule has 26 heavy (non-hydrogen) atoms. The number of anilines is 1. The molecule has 0 bridgehead atoms. The molecule has 1 atom stereocenters. The summed E-state index contributed by atoms with van der Waals surface area (Å²) in [5.41, 5.74) is 0. The minimum Gasteiger partial charge on any atom is -0.467 e. The van der Waals surface area contributed by atoms with Crippen LogP contribution in [0.3, 0.4) is 0 Å². The van der Waals surface area contributed by atoms with E-state index in [-0.39, 0.29) is 11.9 Å². The van der Waals surface area contributed by atoms with E-state index in [4.69, 9.17) is 4.42 Å². The van der Waals surface area contributed by atoms with E-state index >= 15 is 0 Å². The van der Waals surface area contributed by atoms with Crippen LogP contribution < -0.4 is 15.5 Å². The van der Waals surface area contributed by atoms with Crippen molar-refractivity contribution in [2.75, 3.05) is 31.1 Å². The summed E-state index contributed by atoms with van der Waals surface area (Å²) < 4.78 is 5.16. The van der Waals surface area contributed by atoms with Crippen LogP contribution in [0.25, 0.3) is 0 Å². The van der Waals surface area contributed by atoms with Crippen LogP contribution >= 0.6 is 0 Å². The summed E-state index contributed by atoms with van der Waals surface area (Å²) in [4.78, 5) is 36.6. The first-order chi connectivity index (χ1) is 12.6. The molecule has 0 saturated carbocycles. The fourth-order valence-electron chi connectivity index (χ4n) is 2.65. The van der Waals surface area contributed by atoms with E-state index in [1.807, 2.05) is 4.90 Å². The largest absolute Gasteiger partial charge is 0.467 e. The molecule has 1 saturated heterocycles. The van der Waals surface area contributed by atoms with Crippen LogP contribution in [0.2, 0.25) is 0 Å². The van der Waals surface area contributed by atoms with Crippen LogP contribution in [0.1, 0.15) is 12.7 Å². The smallest absolute Gasteiger partial charge is 0.318 e. The average Bonchev–Trinajstić information content (AvgIpc) is 3.20. The Hall–Kier alpha value is -3.10. The van der Waals surface area contributed by atoms with Crippen molar-refractivity contribution in [1.29, 1.82) is 0 Å². The SMILES string of the molecule is CC(NC(=O)N1CCN(c2ncccn2)CC1)C(=O)NCc1ccco1. The van der Waals surface area contributed by atoms with Crippen LogP contribution in [0, 0.1) is 0 Å². The summed E-state index contributed by atoms with van der Waals surface area (Å²) in [5.74, 6) is 1.07. The normalized spacial score (nSPS) is 15.4. The number of urea groups is 1. The topological polar surface area (TPSA) is 104 Å². The minimum atomic E-state index is -0.632. The molecule has 1 aliphatic heterocycles. The molecule has 0 radical (unpaired) electrons. The molecule has 2 aromatic rings. The molecule has 9 nitrogen and oxygen atoms in total. The molecule has 0 aliphatic carbocycles. The van der Waals surface area contributed by atoms with Crippen molar-refractivity contribution >= 4 is 17.9 Å². The molecule has 3 heterocycles. The molecule has 0 spiro atoms. The van der Waals surface area contributed by atoms with E-state index in [2.05, 4.69) is 20.6 Å². The molecule has 3 rings (SSSR count). The molecular weight excluding hydrogens is 336 g/mol. The Balaban J connectivity index is 1.42. The van der Waals surface area contributed by atoms with Gasteiger partial charge in [0.2, 0.25) is 11.9 Å². The predicted octanol–water partition coefficient (Wildman–Crippen LogP) is 0.606. The van der Waals surface area contributed by atoms with Gasteiger partial charge in [0.15, 0.2) is 0 Å². The Morgan fingerprint density at radius 2 is 1.92 bits per heavy atom. The lowest BCUT2D eigenvalue weighted by molar-refractivity contribution is -0.122. The predicted molar refractivity (Wildman–Crippen MR) is 94.4 cm³/mol. The molecule has 138 valence electrons. The number of hydrogen-bond donors (Lipinski definition) is 2. The van der Waals surface area contributed by atoms with Gasteiger partial charge < -0.3 is 24.9 Å². The number of piperazine rings is 1. The third-order valence-electron chi connectivity index (χ3n) is 4.15. The van der Waals surface area contributed by atoms with Crippen molar-refractivity contribution in [2.24, 2.45) is 0 Å². The standard InChI is InChI=1S/C17H22N6O3/c1-13(15(24)20-12-14-4-2-11-26-14)21-17(25)23-9-7-22(8-10-23)16-18-5-3-6-19-16/h2-6,11,13H,7-10,12H2,1H3,(H,20,24)(H,21,25). The van der Waals surface area contributed by atoms with Gasteiger partial charge in [-0.1, -0.05) is 0 Å². The van der Waals surface area contributed by atoms with Gasteiger partial charge in [-0.2, -0.15) is 0 Å². The maximum absolute atomic E-state index is 12.4. The number of carbonyl (C=O) groups is 2. The number of amides is 3. The van der Waals surface area contributed by atoms with Crippen LogP contribution in [-0.2, 0) is 11.3 Å². The molecule has 9 heteroatoms. The van der Waals surface area contributed by atoms with Crippen LogP contribution in [0.15, 0.2) is 41.3 Å². The lowest BCUT2D eigenvalue weighted by Gasteiger charge is -2.35. The molecular formula is C17H22N6O3. The van der Waals surface area contributed by atoms with Gasteiger partial charge in [-0.25, -0.2) is 14.8 Å². The van der Waals surface area contributed by atoms with Crippen molar-refractivity contribution in [3.05, 3.63) is 42.6 Å². The molecule has 2 N–H and O–H groups in total. The third kappa shape index (κ3) is 4.50. The quantitative estimate of drug-likeness (QED) is 0.811. The first-order valence-electron chi connectivity index (χ1n) is 8.51. The first-order valence-corrected chi connectivity index (χ1v) is 8.51. The summed E-state index contributed by atoms with van der Waals surface area (Å²) in [5, 5.41) is 5.46. The number of rotatable bonds is 5. The lowest BCUT2D eigenvalue weighted by atomic mass is 10.3. The van der Waals surface area contributed by atoms with Crippen molar-refractivity contribution in [1.82, 2.24) is 25.5 Å². The molecule has 0 aromatic carbocycles. The number of furan rings is 1. The number of nitrogens with one attached hydrogen (secondary N) is 2. The van der Waals surface area contributed by atoms with E-state index in [9.17, 15) is 9.59 Å². The number of nitrogens with zero attached hydrogens (tertiary/aromatic N) is 4. The number of hydrogen-bond acceptors (Lipinski definition) is 6. The summed E-state index contributed by atoms with van der Waals surface area (Å²) >= 11 is 0. The summed E-state index contributed by atoms with van der Waals surface area (Å²) in [7, 11) is 0. The Labute approximate surface area is 151 Å². The monoisotopic (exact) mass is 358 g/mol. The Kier molecular flexibility index (Phi) is 5.67. The maximum atomic E-state index is 12.4. The van der Waals surface area contributed by atoms with Crippen LogP contribution in [0.5, 0.6) is 0 Å². The first kappa shape index (κ1) is 17.7. The highest BCUT2D eigenvalue weighted by Gasteiger charge is 2.24. The van der Waals surface area contributed by atoms with Crippen molar-refractivity contribution < 1.29 is 14.0 Å². The van der Waals surface area contributed by atoms with Crippen molar-refractivity contribution in [2.45, 2.75) is 19.5 Å². The van der Waals surface area contributed by atoms with Gasteiger partial charge in [-0.05, 0) is 25.1 Å². The molecule has 1 fully saturated rings. The highest BCUT2D eigenvalue weighted by molar-refractivity contribution is 5.86. The Morgan fingerprint density at radius 1 is 1.19 bits per heavy atom. The molecule has 1 unspecified atom stereocenters. The van der Waals surface area contributed by atoms with E-state index < -0.39 is 6.04 Å². The Bertz CT molecular complexity index is 713. The average molecular weight is 358 g/mol.